The quantitative estimate of drug-likeness (QED) is 0.918. The standard InChI is InChI=1S/C14H19N3S/c1-9(2)14-16-12(13(15)18-14)10-5-7-11(8-6-10)17(3)4/h5-9H,15H2,1-4H3. The summed E-state index contributed by atoms with van der Waals surface area (Å²) >= 11 is 1.58. The van der Waals surface area contributed by atoms with Crippen molar-refractivity contribution in [2.45, 2.75) is 19.8 Å². The van der Waals surface area contributed by atoms with Crippen molar-refractivity contribution in [2.75, 3.05) is 24.7 Å². The molecule has 0 saturated heterocycles. The molecule has 0 amide bonds. The molecule has 1 aromatic heterocycles. The Balaban J connectivity index is 2.36. The molecule has 3 nitrogen and oxygen atoms in total. The Hall–Kier alpha value is -1.55. The van der Waals surface area contributed by atoms with Crippen LogP contribution in [0, 0.1) is 0 Å². The first kappa shape index (κ1) is 12.9. The van der Waals surface area contributed by atoms with Crippen LogP contribution >= 0.6 is 11.3 Å². The Bertz CT molecular complexity index is 526. The molecule has 0 fully saturated rings. The lowest BCUT2D eigenvalue weighted by Crippen LogP contribution is -2.07. The van der Waals surface area contributed by atoms with Crippen LogP contribution in [-0.2, 0) is 0 Å². The van der Waals surface area contributed by atoms with Gasteiger partial charge in [-0.1, -0.05) is 26.0 Å². The molecule has 1 aromatic carbocycles. The average molecular weight is 261 g/mol. The third-order valence-corrected chi connectivity index (χ3v) is 4.01. The maximum atomic E-state index is 6.05. The normalized spacial score (nSPS) is 10.9. The van der Waals surface area contributed by atoms with E-state index >= 15 is 0 Å². The number of benzene rings is 1. The zero-order valence-electron chi connectivity index (χ0n) is 11.3. The van der Waals surface area contributed by atoms with Gasteiger partial charge in [-0.05, 0) is 12.1 Å². The Morgan fingerprint density at radius 2 is 1.78 bits per heavy atom. The van der Waals surface area contributed by atoms with Gasteiger partial charge < -0.3 is 10.6 Å². The number of rotatable bonds is 3. The second kappa shape index (κ2) is 4.98. The summed E-state index contributed by atoms with van der Waals surface area (Å²) in [5, 5.41) is 1.90. The fourth-order valence-corrected chi connectivity index (χ4v) is 2.58. The van der Waals surface area contributed by atoms with Gasteiger partial charge in [0.2, 0.25) is 0 Å². The van der Waals surface area contributed by atoms with Gasteiger partial charge in [0.15, 0.2) is 0 Å². The fourth-order valence-electron chi connectivity index (χ4n) is 1.72. The van der Waals surface area contributed by atoms with E-state index in [-0.39, 0.29) is 0 Å². The summed E-state index contributed by atoms with van der Waals surface area (Å²) in [5.41, 5.74) is 9.23. The summed E-state index contributed by atoms with van der Waals surface area (Å²) < 4.78 is 0. The zero-order chi connectivity index (χ0) is 13.3. The maximum absolute atomic E-state index is 6.05. The van der Waals surface area contributed by atoms with E-state index in [1.165, 1.54) is 5.69 Å². The van der Waals surface area contributed by atoms with Crippen molar-refractivity contribution in [3.63, 3.8) is 0 Å². The number of thiazole rings is 1. The topological polar surface area (TPSA) is 42.2 Å². The third-order valence-electron chi connectivity index (χ3n) is 2.82. The number of aromatic nitrogens is 1. The minimum absolute atomic E-state index is 0.423. The van der Waals surface area contributed by atoms with Gasteiger partial charge in [-0.25, -0.2) is 4.98 Å². The monoisotopic (exact) mass is 261 g/mol. The lowest BCUT2D eigenvalue weighted by atomic mass is 10.1. The van der Waals surface area contributed by atoms with Gasteiger partial charge in [0.25, 0.3) is 0 Å². The van der Waals surface area contributed by atoms with E-state index in [1.54, 1.807) is 11.3 Å². The smallest absolute Gasteiger partial charge is 0.114 e. The fraction of sp³-hybridized carbons (Fsp3) is 0.357. The molecule has 2 N–H and O–H groups in total. The van der Waals surface area contributed by atoms with Crippen molar-refractivity contribution in [2.24, 2.45) is 0 Å². The number of nitrogens with two attached hydrogens (primary N) is 1. The summed E-state index contributed by atoms with van der Waals surface area (Å²) in [4.78, 5) is 6.71. The first-order valence-corrected chi connectivity index (χ1v) is 6.84. The van der Waals surface area contributed by atoms with E-state index < -0.39 is 0 Å². The summed E-state index contributed by atoms with van der Waals surface area (Å²) in [6.07, 6.45) is 0. The molecule has 0 atom stereocenters. The lowest BCUT2D eigenvalue weighted by molar-refractivity contribution is 0.854. The van der Waals surface area contributed by atoms with Gasteiger partial charge in [0.05, 0.1) is 5.01 Å². The van der Waals surface area contributed by atoms with Crippen molar-refractivity contribution in [1.29, 1.82) is 0 Å². The van der Waals surface area contributed by atoms with Crippen LogP contribution in [-0.4, -0.2) is 19.1 Å². The van der Waals surface area contributed by atoms with E-state index in [0.717, 1.165) is 21.3 Å². The molecule has 18 heavy (non-hydrogen) atoms. The molecule has 2 rings (SSSR count). The largest absolute Gasteiger partial charge is 0.389 e. The Kier molecular flexibility index (Phi) is 3.57. The molecule has 0 radical (unpaired) electrons. The van der Waals surface area contributed by atoms with E-state index in [0.29, 0.717) is 5.92 Å². The lowest BCUT2D eigenvalue weighted by Gasteiger charge is -2.12. The highest BCUT2D eigenvalue weighted by Crippen LogP contribution is 2.34. The second-order valence-electron chi connectivity index (χ2n) is 4.86. The van der Waals surface area contributed by atoms with Crippen molar-refractivity contribution >= 4 is 22.0 Å². The summed E-state index contributed by atoms with van der Waals surface area (Å²) in [7, 11) is 4.06. The number of nitrogen functional groups attached to an aromatic ring is 1. The van der Waals surface area contributed by atoms with Crippen molar-refractivity contribution in [3.05, 3.63) is 29.3 Å². The predicted molar refractivity (Wildman–Crippen MR) is 80.4 cm³/mol. The molecule has 0 unspecified atom stereocenters. The molecule has 0 aliphatic carbocycles. The maximum Gasteiger partial charge on any atom is 0.114 e. The van der Waals surface area contributed by atoms with E-state index in [9.17, 15) is 0 Å². The highest BCUT2D eigenvalue weighted by Gasteiger charge is 2.12. The molecule has 0 aliphatic heterocycles. The van der Waals surface area contributed by atoms with Gasteiger partial charge in [0, 0.05) is 31.3 Å². The van der Waals surface area contributed by atoms with E-state index in [1.807, 2.05) is 14.1 Å². The van der Waals surface area contributed by atoms with Crippen molar-refractivity contribution in [3.8, 4) is 11.3 Å². The number of nitrogens with zero attached hydrogens (tertiary/aromatic N) is 2. The van der Waals surface area contributed by atoms with Crippen LogP contribution in [0.25, 0.3) is 11.3 Å². The first-order chi connectivity index (χ1) is 8.49. The molecular weight excluding hydrogens is 242 g/mol. The van der Waals surface area contributed by atoms with Crippen LogP contribution < -0.4 is 10.6 Å². The molecule has 0 saturated carbocycles. The van der Waals surface area contributed by atoms with Gasteiger partial charge in [-0.2, -0.15) is 0 Å². The summed E-state index contributed by atoms with van der Waals surface area (Å²) in [6.45, 7) is 4.27. The summed E-state index contributed by atoms with van der Waals surface area (Å²) in [5.74, 6) is 0.423. The Labute approximate surface area is 112 Å². The number of hydrogen-bond donors (Lipinski definition) is 1. The van der Waals surface area contributed by atoms with Crippen LogP contribution in [0.1, 0.15) is 24.8 Å². The predicted octanol–water partition coefficient (Wildman–Crippen LogP) is 3.58. The van der Waals surface area contributed by atoms with Crippen LogP contribution in [0.2, 0.25) is 0 Å². The summed E-state index contributed by atoms with van der Waals surface area (Å²) in [6, 6.07) is 8.32. The van der Waals surface area contributed by atoms with Gasteiger partial charge >= 0.3 is 0 Å². The first-order valence-electron chi connectivity index (χ1n) is 6.03. The molecule has 2 aromatic rings. The van der Waals surface area contributed by atoms with E-state index in [2.05, 4.69) is 48.0 Å². The Morgan fingerprint density at radius 1 is 1.17 bits per heavy atom. The molecular formula is C14H19N3S. The Morgan fingerprint density at radius 3 is 2.22 bits per heavy atom. The molecule has 0 spiro atoms. The molecule has 4 heteroatoms. The minimum atomic E-state index is 0.423. The minimum Gasteiger partial charge on any atom is -0.389 e. The SMILES string of the molecule is CC(C)c1nc(-c2ccc(N(C)C)cc2)c(N)s1. The average Bonchev–Trinajstić information content (AvgIpc) is 2.71. The number of anilines is 2. The van der Waals surface area contributed by atoms with Crippen molar-refractivity contribution < 1.29 is 0 Å². The van der Waals surface area contributed by atoms with Gasteiger partial charge in [-0.15, -0.1) is 11.3 Å². The molecule has 96 valence electrons. The third kappa shape index (κ3) is 2.48. The second-order valence-corrected chi connectivity index (χ2v) is 5.92. The van der Waals surface area contributed by atoms with Crippen LogP contribution in [0.15, 0.2) is 24.3 Å². The molecule has 0 aliphatic rings. The highest BCUT2D eigenvalue weighted by molar-refractivity contribution is 7.16. The highest BCUT2D eigenvalue weighted by atomic mass is 32.1. The van der Waals surface area contributed by atoms with E-state index in [4.69, 9.17) is 5.73 Å². The van der Waals surface area contributed by atoms with Crippen LogP contribution in [0.3, 0.4) is 0 Å². The number of hydrogen-bond acceptors (Lipinski definition) is 4. The van der Waals surface area contributed by atoms with Crippen LogP contribution in [0.4, 0.5) is 10.7 Å². The molecule has 0 bridgehead atoms. The van der Waals surface area contributed by atoms with Crippen molar-refractivity contribution in [1.82, 2.24) is 4.98 Å². The van der Waals surface area contributed by atoms with Gasteiger partial charge in [-0.3, -0.25) is 0 Å². The zero-order valence-corrected chi connectivity index (χ0v) is 12.1. The molecule has 1 heterocycles. The van der Waals surface area contributed by atoms with Crippen LogP contribution in [0.5, 0.6) is 0 Å². The van der Waals surface area contributed by atoms with Gasteiger partial charge in [0.1, 0.15) is 10.7 Å².